The number of benzene rings is 2. The fourth-order valence-electron chi connectivity index (χ4n) is 13.0. The van der Waals surface area contributed by atoms with Gasteiger partial charge in [-0.1, -0.05) is 86.7 Å². The predicted molar refractivity (Wildman–Crippen MR) is 336 cm³/mol. The first-order valence-electron chi connectivity index (χ1n) is 32.4. The summed E-state index contributed by atoms with van der Waals surface area (Å²) in [6, 6.07) is 11.6. The monoisotopic (exact) mass is 1420 g/mol. The number of amides is 4. The Labute approximate surface area is 583 Å². The Morgan fingerprint density at radius 2 is 1.02 bits per heavy atom. The summed E-state index contributed by atoms with van der Waals surface area (Å²) >= 11 is 0. The third kappa shape index (κ3) is 17.1. The van der Waals surface area contributed by atoms with Gasteiger partial charge in [0.05, 0.1) is 35.2 Å². The van der Waals surface area contributed by atoms with Crippen LogP contribution in [0, 0.1) is 34.5 Å². The van der Waals surface area contributed by atoms with Gasteiger partial charge in [0, 0.05) is 97.4 Å². The Balaban J connectivity index is 0.000000223. The number of ether oxygens (including phenoxy) is 6. The summed E-state index contributed by atoms with van der Waals surface area (Å²) in [4.78, 5) is 106. The van der Waals surface area contributed by atoms with Crippen LogP contribution >= 0.6 is 0 Å². The molecule has 0 unspecified atom stereocenters. The second kappa shape index (κ2) is 30.2. The zero-order valence-electron chi connectivity index (χ0n) is 55.1. The van der Waals surface area contributed by atoms with Crippen LogP contribution in [0.4, 0.5) is 27.2 Å². The molecule has 0 spiro atoms. The molecule has 2 aliphatic carbocycles. The summed E-state index contributed by atoms with van der Waals surface area (Å²) in [7, 11) is 0. The molecule has 12 atom stereocenters. The topological polar surface area (TPSA) is 266 Å². The number of nitrogens with one attached hydrogen (secondary N) is 2. The molecule has 4 aliphatic heterocycles. The van der Waals surface area contributed by atoms with E-state index in [-0.39, 0.29) is 110 Å². The van der Waals surface area contributed by atoms with Crippen LogP contribution < -0.4 is 29.6 Å². The van der Waals surface area contributed by atoms with Gasteiger partial charge in [-0.3, -0.25) is 9.59 Å². The average molecular weight is 1420 g/mol. The van der Waals surface area contributed by atoms with Gasteiger partial charge >= 0.3 is 12.2 Å². The number of rotatable bonds is 7. The molecule has 2 saturated carbocycles. The zero-order chi connectivity index (χ0) is 67.7. The summed E-state index contributed by atoms with van der Waals surface area (Å²) in [5.74, 6) is -7.82. The normalized spacial score (nSPS) is 27.3. The maximum absolute atomic E-state index is 16.1. The molecule has 2 N–H and O–H groups in total. The van der Waals surface area contributed by atoms with Crippen LogP contribution in [0.2, 0.25) is 0 Å². The minimum Gasteiger partial charge on any atom is -0.540 e. The summed E-state index contributed by atoms with van der Waals surface area (Å²) in [6.07, 6.45) is 9.45. The van der Waals surface area contributed by atoms with Gasteiger partial charge in [-0.2, -0.15) is 0 Å². The van der Waals surface area contributed by atoms with E-state index in [2.05, 4.69) is 40.5 Å². The molecule has 6 aliphatic rings. The number of halogens is 4. The molecule has 516 valence electrons. The molecular formula is C69H78F4N10O12V2-2. The molecular weight excluding hydrogens is 1340 g/mol. The third-order valence-corrected chi connectivity index (χ3v) is 18.7. The van der Waals surface area contributed by atoms with Crippen molar-refractivity contribution in [2.45, 2.75) is 186 Å². The van der Waals surface area contributed by atoms with Crippen molar-refractivity contribution in [3.05, 3.63) is 96.8 Å². The van der Waals surface area contributed by atoms with Crippen molar-refractivity contribution in [2.75, 3.05) is 13.1 Å². The van der Waals surface area contributed by atoms with E-state index in [1.807, 2.05) is 19.5 Å². The van der Waals surface area contributed by atoms with Crippen molar-refractivity contribution in [3.63, 3.8) is 0 Å². The molecule has 4 bridgehead atoms. The fourth-order valence-corrected chi connectivity index (χ4v) is 13.0. The van der Waals surface area contributed by atoms with Crippen LogP contribution in [0.15, 0.2) is 85.7 Å². The minimum atomic E-state index is -3.29. The van der Waals surface area contributed by atoms with Gasteiger partial charge in [0.25, 0.3) is 11.8 Å². The van der Waals surface area contributed by atoms with Crippen LogP contribution in [0.3, 0.4) is 0 Å². The zero-order valence-corrected chi connectivity index (χ0v) is 57.9. The Morgan fingerprint density at radius 1 is 0.588 bits per heavy atom. The van der Waals surface area contributed by atoms with Gasteiger partial charge in [-0.05, 0) is 109 Å². The van der Waals surface area contributed by atoms with Crippen molar-refractivity contribution in [1.29, 1.82) is 0 Å². The predicted octanol–water partition coefficient (Wildman–Crippen LogP) is 11.8. The molecule has 28 heteroatoms. The Bertz CT molecular complexity index is 3820. The maximum atomic E-state index is 16.1. The first-order valence-corrected chi connectivity index (χ1v) is 32.4. The first kappa shape index (κ1) is 73.6. The molecule has 4 fully saturated rings. The van der Waals surface area contributed by atoms with Gasteiger partial charge in [-0.25, -0.2) is 69.6 Å². The van der Waals surface area contributed by atoms with E-state index >= 15 is 17.6 Å². The van der Waals surface area contributed by atoms with Crippen LogP contribution in [0.25, 0.3) is 21.8 Å². The van der Waals surface area contributed by atoms with Gasteiger partial charge < -0.3 is 58.4 Å². The number of carbonyl (C=O) groups is 4. The molecule has 6 aromatic rings. The molecule has 2 aromatic carbocycles. The van der Waals surface area contributed by atoms with E-state index in [0.717, 1.165) is 0 Å². The van der Waals surface area contributed by atoms with E-state index in [9.17, 15) is 28.8 Å². The van der Waals surface area contributed by atoms with Crippen LogP contribution in [0.1, 0.15) is 137 Å². The molecule has 12 rings (SSSR count). The van der Waals surface area contributed by atoms with Crippen molar-refractivity contribution in [1.82, 2.24) is 50.3 Å². The molecule has 4 aromatic heterocycles. The minimum absolute atomic E-state index is 0. The average Bonchev–Trinajstić information content (AvgIpc) is 1.76. The Morgan fingerprint density at radius 3 is 1.43 bits per heavy atom. The molecule has 2 saturated heterocycles. The number of alkyl halides is 4. The van der Waals surface area contributed by atoms with E-state index in [4.69, 9.17) is 28.4 Å². The SMILES string of the molecule is CC[C@@H]1[C@@H]2CN(C(=O)[C@H](C(C)(C)C)NC(=O)O[C@@H]3C[C@H]3CCCCC(F)(F)c3cc4ccc(Oc5ccncn5)cc4nc3O2)[C@@H]1[C-]=O.C[C@@H]1[C@@H]2CN(C(=O)[C@H](C(C)(C)C)NC(=O)O[C@@H]3C[C@H]3CCCCC(F)(F)c3cc4ccc(Oc5ccncn5)cc4nc3O2)[C@@H]1[C-]=O.[V].[V]. The van der Waals surface area contributed by atoms with Crippen molar-refractivity contribution in [2.24, 2.45) is 34.5 Å². The van der Waals surface area contributed by atoms with Crippen LogP contribution in [-0.4, -0.2) is 138 Å². The quantitative estimate of drug-likeness (QED) is 0.111. The summed E-state index contributed by atoms with van der Waals surface area (Å²) in [5, 5.41) is 6.39. The van der Waals surface area contributed by atoms with Crippen LogP contribution in [0.5, 0.6) is 35.0 Å². The van der Waals surface area contributed by atoms with Crippen molar-refractivity contribution in [3.8, 4) is 35.0 Å². The van der Waals surface area contributed by atoms with Crippen molar-refractivity contribution >= 4 is 58.4 Å². The maximum Gasteiger partial charge on any atom is 0.408 e. The number of carbonyl (C=O) groups excluding carboxylic acids is 6. The summed E-state index contributed by atoms with van der Waals surface area (Å²) in [6.45, 7) is 14.1. The number of pyridine rings is 2. The molecule has 8 heterocycles. The summed E-state index contributed by atoms with van der Waals surface area (Å²) < 4.78 is 99.8. The number of alkyl carbamates (subject to hydrolysis) is 2. The second-order valence-electron chi connectivity index (χ2n) is 27.7. The van der Waals surface area contributed by atoms with E-state index in [0.29, 0.717) is 90.0 Å². The van der Waals surface area contributed by atoms with Gasteiger partial charge in [-0.15, -0.1) is 0 Å². The molecule has 2 radical (unpaired) electrons. The van der Waals surface area contributed by atoms with Gasteiger partial charge in [0.15, 0.2) is 0 Å². The van der Waals surface area contributed by atoms with E-state index in [1.54, 1.807) is 97.0 Å². The van der Waals surface area contributed by atoms with Gasteiger partial charge in [0.1, 0.15) is 60.7 Å². The largest absolute Gasteiger partial charge is 0.540 e. The van der Waals surface area contributed by atoms with Crippen molar-refractivity contribution < 1.29 is 112 Å². The summed E-state index contributed by atoms with van der Waals surface area (Å²) in [5.41, 5.74) is -1.51. The number of hydrogen-bond acceptors (Lipinski definition) is 18. The van der Waals surface area contributed by atoms with Crippen LogP contribution in [-0.2, 0) is 77.6 Å². The second-order valence-corrected chi connectivity index (χ2v) is 27.7. The molecule has 97 heavy (non-hydrogen) atoms. The molecule has 22 nitrogen and oxygen atoms in total. The smallest absolute Gasteiger partial charge is 0.408 e. The standard InChI is InChI=1S/C35H40F2N5O6.C34H38F2N5O6.2V/c1-5-23-26(18-43)42-17-28(23)47-31-24(14-20-9-10-22(16-25(20)40-31)46-29-11-13-38-19-39-29)35(36,37)12-7-6-8-21-15-27(21)48-33(45)41-30(32(42)44)34(2,3)4;1-19-25(17-42)41-16-27(19)46-30-23(13-20-8-9-22(15-24(20)39-30)45-28-10-12-37-18-38-28)34(35,36)11-6-5-7-21-14-26(21)47-32(44)40-29(31(41)43)33(2,3)4;;/h9-11,13-14,16,19,21,23,26-28,30H,5-8,12,15,17H2,1-4H3,(H,41,45);8-10,12-13,15,18-19,21,25-27,29H,5-7,11,14,16H2,1-4H3,(H,40,44);;/q2*-1;;/t21-,23+,26-,27-,28+,30-;19-,21+,25+,26+,27-,29+;;/m10../s1. The Hall–Kier alpha value is -7.67. The van der Waals surface area contributed by atoms with E-state index in [1.165, 1.54) is 47.0 Å². The Kier molecular flexibility index (Phi) is 22.9. The number of aromatic nitrogens is 6. The third-order valence-electron chi connectivity index (χ3n) is 18.7. The first-order chi connectivity index (χ1) is 45.2. The number of nitrogens with zero attached hydrogens (tertiary/aromatic N) is 8. The van der Waals surface area contributed by atoms with E-state index < -0.39 is 108 Å². The number of fused-ring (bicyclic) bond motifs is 10. The van der Waals surface area contributed by atoms with Gasteiger partial charge in [0.2, 0.25) is 35.3 Å². The fraction of sp³-hybridized carbons (Fsp3) is 0.536. The molecule has 4 amide bonds. The number of hydrogen-bond donors (Lipinski definition) is 2.